The van der Waals surface area contributed by atoms with E-state index in [1.54, 1.807) is 14.0 Å². The Morgan fingerprint density at radius 2 is 2.00 bits per heavy atom. The highest BCUT2D eigenvalue weighted by Crippen LogP contribution is 2.32. The van der Waals surface area contributed by atoms with Crippen LogP contribution in [0.1, 0.15) is 29.7 Å². The van der Waals surface area contributed by atoms with E-state index in [0.717, 1.165) is 16.7 Å². The highest BCUT2D eigenvalue weighted by atomic mass is 16.5. The summed E-state index contributed by atoms with van der Waals surface area (Å²) in [5.74, 6) is -0.875. The fourth-order valence-electron chi connectivity index (χ4n) is 1.94. The predicted octanol–water partition coefficient (Wildman–Crippen LogP) is 2.03. The van der Waals surface area contributed by atoms with E-state index in [1.165, 1.54) is 0 Å². The van der Waals surface area contributed by atoms with Crippen LogP contribution in [-0.2, 0) is 4.79 Å². The van der Waals surface area contributed by atoms with Gasteiger partial charge in [0.25, 0.3) is 0 Å². The number of methoxy groups -OCH3 is 1. The Morgan fingerprint density at radius 1 is 1.41 bits per heavy atom. The van der Waals surface area contributed by atoms with E-state index in [-0.39, 0.29) is 0 Å². The Balaban J connectivity index is 3.24. The van der Waals surface area contributed by atoms with E-state index < -0.39 is 17.9 Å². The molecule has 4 heteroatoms. The molecule has 1 aromatic carbocycles. The number of aryl methyl sites for hydroxylation is 2. The molecule has 0 fully saturated rings. The molecule has 0 aromatic heterocycles. The van der Waals surface area contributed by atoms with Gasteiger partial charge in [-0.15, -0.1) is 0 Å². The summed E-state index contributed by atoms with van der Waals surface area (Å²) in [5.41, 5.74) is 8.76. The van der Waals surface area contributed by atoms with E-state index in [2.05, 4.69) is 0 Å². The van der Waals surface area contributed by atoms with Crippen molar-refractivity contribution in [2.45, 2.75) is 26.8 Å². The van der Waals surface area contributed by atoms with E-state index in [9.17, 15) is 4.79 Å². The third-order valence-electron chi connectivity index (χ3n) is 2.94. The molecule has 1 rings (SSSR count). The number of rotatable bonds is 4. The van der Waals surface area contributed by atoms with Crippen molar-refractivity contribution < 1.29 is 14.6 Å². The highest BCUT2D eigenvalue weighted by Gasteiger charge is 2.25. The fourth-order valence-corrected chi connectivity index (χ4v) is 1.94. The molecular weight excluding hydrogens is 218 g/mol. The third kappa shape index (κ3) is 2.77. The van der Waals surface area contributed by atoms with Crippen molar-refractivity contribution in [2.24, 2.45) is 11.7 Å². The molecule has 2 unspecified atom stereocenters. The van der Waals surface area contributed by atoms with Gasteiger partial charge in [0.15, 0.2) is 0 Å². The number of aliphatic carboxylic acids is 1. The molecule has 17 heavy (non-hydrogen) atoms. The first-order valence-corrected chi connectivity index (χ1v) is 5.52. The van der Waals surface area contributed by atoms with Gasteiger partial charge in [0.05, 0.1) is 13.0 Å². The molecule has 94 valence electrons. The highest BCUT2D eigenvalue weighted by molar-refractivity contribution is 5.71. The molecule has 3 N–H and O–H groups in total. The summed E-state index contributed by atoms with van der Waals surface area (Å²) in [4.78, 5) is 11.0. The molecule has 0 saturated heterocycles. The van der Waals surface area contributed by atoms with Crippen LogP contribution in [0.4, 0.5) is 0 Å². The first-order valence-electron chi connectivity index (χ1n) is 5.52. The van der Waals surface area contributed by atoms with Crippen molar-refractivity contribution in [3.05, 3.63) is 28.8 Å². The zero-order valence-corrected chi connectivity index (χ0v) is 10.7. The number of carbonyl (C=O) groups is 1. The Bertz CT molecular complexity index is 429. The van der Waals surface area contributed by atoms with Crippen LogP contribution >= 0.6 is 0 Å². The molecule has 1 aromatic rings. The normalized spacial score (nSPS) is 14.2. The van der Waals surface area contributed by atoms with Crippen LogP contribution in [0, 0.1) is 19.8 Å². The Labute approximate surface area is 101 Å². The first-order chi connectivity index (χ1) is 7.88. The smallest absolute Gasteiger partial charge is 0.308 e. The number of nitrogens with two attached hydrogens (primary N) is 1. The van der Waals surface area contributed by atoms with E-state index in [4.69, 9.17) is 15.6 Å². The minimum absolute atomic E-state index is 0.568. The number of hydrogen-bond donors (Lipinski definition) is 2. The van der Waals surface area contributed by atoms with Gasteiger partial charge >= 0.3 is 5.97 Å². The zero-order valence-electron chi connectivity index (χ0n) is 10.7. The second-order valence-electron chi connectivity index (χ2n) is 4.36. The van der Waals surface area contributed by atoms with Crippen LogP contribution in [0.2, 0.25) is 0 Å². The molecule has 0 heterocycles. The minimum atomic E-state index is -0.904. The zero-order chi connectivity index (χ0) is 13.2. The predicted molar refractivity (Wildman–Crippen MR) is 66.2 cm³/mol. The maximum atomic E-state index is 11.0. The second kappa shape index (κ2) is 5.19. The van der Waals surface area contributed by atoms with Crippen molar-refractivity contribution in [3.63, 3.8) is 0 Å². The lowest BCUT2D eigenvalue weighted by Crippen LogP contribution is -2.26. The van der Waals surface area contributed by atoms with Crippen LogP contribution in [0.5, 0.6) is 5.75 Å². The average Bonchev–Trinajstić information content (AvgIpc) is 2.25. The van der Waals surface area contributed by atoms with E-state index in [1.807, 2.05) is 26.0 Å². The largest absolute Gasteiger partial charge is 0.496 e. The molecular formula is C13H19NO3. The van der Waals surface area contributed by atoms with Crippen molar-refractivity contribution >= 4 is 5.97 Å². The van der Waals surface area contributed by atoms with Crippen LogP contribution in [0.15, 0.2) is 12.1 Å². The second-order valence-corrected chi connectivity index (χ2v) is 4.36. The lowest BCUT2D eigenvalue weighted by atomic mass is 9.92. The van der Waals surface area contributed by atoms with Gasteiger partial charge in [-0.05, 0) is 19.4 Å². The van der Waals surface area contributed by atoms with Gasteiger partial charge in [-0.2, -0.15) is 0 Å². The molecule has 0 amide bonds. The summed E-state index contributed by atoms with van der Waals surface area (Å²) >= 11 is 0. The molecule has 0 aliphatic heterocycles. The molecule has 4 nitrogen and oxygen atoms in total. The van der Waals surface area contributed by atoms with Gasteiger partial charge in [-0.25, -0.2) is 0 Å². The minimum Gasteiger partial charge on any atom is -0.496 e. The van der Waals surface area contributed by atoms with Crippen molar-refractivity contribution in [2.75, 3.05) is 7.11 Å². The lowest BCUT2D eigenvalue weighted by Gasteiger charge is -2.21. The number of benzene rings is 1. The third-order valence-corrected chi connectivity index (χ3v) is 2.94. The standard InChI is InChI=1S/C13H19NO3/c1-7-5-8(2)12(17-4)10(6-7)11(14)9(3)13(15)16/h5-6,9,11H,14H2,1-4H3,(H,15,16). The van der Waals surface area contributed by atoms with Crippen molar-refractivity contribution in [3.8, 4) is 5.75 Å². The molecule has 0 radical (unpaired) electrons. The van der Waals surface area contributed by atoms with Crippen LogP contribution in [0.25, 0.3) is 0 Å². The molecule has 0 spiro atoms. The maximum absolute atomic E-state index is 11.0. The number of ether oxygens (including phenoxy) is 1. The fraction of sp³-hybridized carbons (Fsp3) is 0.462. The topological polar surface area (TPSA) is 72.5 Å². The summed E-state index contributed by atoms with van der Waals surface area (Å²) in [6.45, 7) is 5.48. The lowest BCUT2D eigenvalue weighted by molar-refractivity contribution is -0.141. The monoisotopic (exact) mass is 237 g/mol. The quantitative estimate of drug-likeness (QED) is 0.840. The SMILES string of the molecule is COc1c(C)cc(C)cc1C(N)C(C)C(=O)O. The van der Waals surface area contributed by atoms with Gasteiger partial charge in [-0.3, -0.25) is 4.79 Å². The molecule has 0 aliphatic rings. The molecule has 0 saturated carbocycles. The summed E-state index contributed by atoms with van der Waals surface area (Å²) in [6.07, 6.45) is 0. The average molecular weight is 237 g/mol. The number of carboxylic acid groups (broad SMARTS) is 1. The van der Waals surface area contributed by atoms with Crippen LogP contribution in [-0.4, -0.2) is 18.2 Å². The van der Waals surface area contributed by atoms with E-state index >= 15 is 0 Å². The molecule has 0 bridgehead atoms. The van der Waals surface area contributed by atoms with Gasteiger partial charge in [0.2, 0.25) is 0 Å². The van der Waals surface area contributed by atoms with Crippen molar-refractivity contribution in [1.82, 2.24) is 0 Å². The number of carboxylic acids is 1. The first kappa shape index (κ1) is 13.5. The van der Waals surface area contributed by atoms with Gasteiger partial charge in [0.1, 0.15) is 5.75 Å². The van der Waals surface area contributed by atoms with Crippen LogP contribution in [0.3, 0.4) is 0 Å². The Morgan fingerprint density at radius 3 is 2.47 bits per heavy atom. The summed E-state index contributed by atoms with van der Waals surface area (Å²) in [7, 11) is 1.57. The summed E-state index contributed by atoms with van der Waals surface area (Å²) in [5, 5.41) is 9.00. The Hall–Kier alpha value is -1.55. The molecule has 0 aliphatic carbocycles. The maximum Gasteiger partial charge on any atom is 0.308 e. The summed E-state index contributed by atoms with van der Waals surface area (Å²) in [6, 6.07) is 3.30. The van der Waals surface area contributed by atoms with Crippen molar-refractivity contribution in [1.29, 1.82) is 0 Å². The summed E-state index contributed by atoms with van der Waals surface area (Å²) < 4.78 is 5.31. The number of hydrogen-bond acceptors (Lipinski definition) is 3. The van der Waals surface area contributed by atoms with Gasteiger partial charge < -0.3 is 15.6 Å². The Kier molecular flexibility index (Phi) is 4.12. The van der Waals surface area contributed by atoms with Crippen LogP contribution < -0.4 is 10.5 Å². The van der Waals surface area contributed by atoms with E-state index in [0.29, 0.717) is 5.75 Å². The molecule has 2 atom stereocenters. The van der Waals surface area contributed by atoms with Gasteiger partial charge in [0, 0.05) is 11.6 Å². The van der Waals surface area contributed by atoms with Gasteiger partial charge in [-0.1, -0.05) is 24.6 Å².